The zero-order valence-corrected chi connectivity index (χ0v) is 16.9. The zero-order valence-electron chi connectivity index (χ0n) is 16.1. The first-order valence-corrected chi connectivity index (χ1v) is 9.26. The fourth-order valence-electron chi connectivity index (χ4n) is 3.13. The monoisotopic (exact) mass is 403 g/mol. The van der Waals surface area contributed by atoms with Crippen molar-refractivity contribution in [2.75, 3.05) is 19.7 Å². The van der Waals surface area contributed by atoms with Gasteiger partial charge in [-0.3, -0.25) is 0 Å². The third-order valence-electron chi connectivity index (χ3n) is 4.72. The maximum Gasteiger partial charge on any atom is 0.341 e. The van der Waals surface area contributed by atoms with Crippen LogP contribution in [0.2, 0.25) is 0 Å². The molecule has 1 heterocycles. The molecule has 0 bridgehead atoms. The molecule has 0 unspecified atom stereocenters. The van der Waals surface area contributed by atoms with E-state index in [1.165, 1.54) is 12.1 Å². The predicted molar refractivity (Wildman–Crippen MR) is 102 cm³/mol. The number of nitrogens with one attached hydrogen (secondary N) is 1. The van der Waals surface area contributed by atoms with Crippen molar-refractivity contribution in [3.05, 3.63) is 29.1 Å². The van der Waals surface area contributed by atoms with Crippen LogP contribution in [0, 0.1) is 5.82 Å². The smallest absolute Gasteiger partial charge is 0.341 e. The van der Waals surface area contributed by atoms with Crippen molar-refractivity contribution in [1.82, 2.24) is 5.32 Å². The highest BCUT2D eigenvalue weighted by Crippen LogP contribution is 2.45. The lowest BCUT2D eigenvalue weighted by Gasteiger charge is -2.30. The number of esters is 1. The number of carbonyl (C=O) groups excluding carboxylic acids is 1. The third-order valence-corrected chi connectivity index (χ3v) is 4.72. The van der Waals surface area contributed by atoms with E-state index in [4.69, 9.17) is 9.47 Å². The van der Waals surface area contributed by atoms with Crippen LogP contribution < -0.4 is 10.1 Å². The molecule has 0 amide bonds. The van der Waals surface area contributed by atoms with Crippen LogP contribution in [0.15, 0.2) is 12.1 Å². The van der Waals surface area contributed by atoms with E-state index in [0.717, 1.165) is 18.4 Å². The van der Waals surface area contributed by atoms with Gasteiger partial charge in [-0.1, -0.05) is 0 Å². The lowest BCUT2D eigenvalue weighted by molar-refractivity contribution is 0.00641. The second kappa shape index (κ2) is 8.31. The quantitative estimate of drug-likeness (QED) is 0.732. The molecule has 1 N–H and O–H groups in total. The van der Waals surface area contributed by atoms with Crippen molar-refractivity contribution in [2.24, 2.45) is 0 Å². The van der Waals surface area contributed by atoms with Crippen LogP contribution in [0.4, 0.5) is 8.78 Å². The maximum atomic E-state index is 14.8. The molecule has 1 aromatic rings. The van der Waals surface area contributed by atoms with Gasteiger partial charge < -0.3 is 14.8 Å². The molecule has 3 rings (SSSR count). The van der Waals surface area contributed by atoms with E-state index in [2.05, 4.69) is 5.32 Å². The summed E-state index contributed by atoms with van der Waals surface area (Å²) in [6.45, 7) is 6.34. The van der Waals surface area contributed by atoms with Crippen LogP contribution in [0.1, 0.15) is 68.3 Å². The molecule has 7 heteroatoms. The summed E-state index contributed by atoms with van der Waals surface area (Å²) in [5.74, 6) is -0.816. The SMILES string of the molecule is CC(C)(C)OC(=O)c1cc(C2CC2)c(OCC2(F)CCNCC2)cc1F.Cl. The molecule has 1 aliphatic carbocycles. The first-order valence-electron chi connectivity index (χ1n) is 9.26. The molecule has 152 valence electrons. The summed E-state index contributed by atoms with van der Waals surface area (Å²) >= 11 is 0. The summed E-state index contributed by atoms with van der Waals surface area (Å²) < 4.78 is 40.3. The second-order valence-corrected chi connectivity index (χ2v) is 8.34. The highest BCUT2D eigenvalue weighted by molar-refractivity contribution is 5.90. The Bertz CT molecular complexity index is 681. The van der Waals surface area contributed by atoms with E-state index < -0.39 is 23.1 Å². The van der Waals surface area contributed by atoms with Gasteiger partial charge >= 0.3 is 5.97 Å². The normalized spacial score (nSPS) is 19.1. The fourth-order valence-corrected chi connectivity index (χ4v) is 3.13. The Hall–Kier alpha value is -1.40. The molecule has 2 fully saturated rings. The lowest BCUT2D eigenvalue weighted by Crippen LogP contribution is -2.42. The Balaban J connectivity index is 0.00000261. The average molecular weight is 404 g/mol. The van der Waals surface area contributed by atoms with Crippen LogP contribution in [0.25, 0.3) is 0 Å². The molecule has 1 aromatic carbocycles. The van der Waals surface area contributed by atoms with Crippen molar-refractivity contribution in [1.29, 1.82) is 0 Å². The van der Waals surface area contributed by atoms with Crippen LogP contribution >= 0.6 is 12.4 Å². The van der Waals surface area contributed by atoms with E-state index in [1.54, 1.807) is 20.8 Å². The number of rotatable bonds is 5. The van der Waals surface area contributed by atoms with Crippen molar-refractivity contribution >= 4 is 18.4 Å². The number of benzene rings is 1. The lowest BCUT2D eigenvalue weighted by atomic mass is 9.95. The Morgan fingerprint density at radius 3 is 2.44 bits per heavy atom. The summed E-state index contributed by atoms with van der Waals surface area (Å²) in [5.41, 5.74) is -1.42. The van der Waals surface area contributed by atoms with E-state index in [9.17, 15) is 13.6 Å². The molecule has 1 aliphatic heterocycles. The molecule has 0 spiro atoms. The van der Waals surface area contributed by atoms with Crippen LogP contribution in [0.3, 0.4) is 0 Å². The summed E-state index contributed by atoms with van der Waals surface area (Å²) in [4.78, 5) is 12.3. The number of halogens is 3. The number of carbonyl (C=O) groups is 1. The van der Waals surface area contributed by atoms with Crippen LogP contribution in [-0.2, 0) is 4.74 Å². The van der Waals surface area contributed by atoms with Gasteiger partial charge in [-0.15, -0.1) is 12.4 Å². The summed E-state index contributed by atoms with van der Waals surface area (Å²) in [6, 6.07) is 2.72. The predicted octanol–water partition coefficient (Wildman–Crippen LogP) is 4.55. The first-order chi connectivity index (χ1) is 12.2. The Labute approximate surface area is 165 Å². The molecule has 27 heavy (non-hydrogen) atoms. The van der Waals surface area contributed by atoms with Gasteiger partial charge in [-0.25, -0.2) is 13.6 Å². The average Bonchev–Trinajstić information content (AvgIpc) is 3.37. The highest BCUT2D eigenvalue weighted by Gasteiger charge is 2.35. The summed E-state index contributed by atoms with van der Waals surface area (Å²) in [5, 5.41) is 3.12. The Morgan fingerprint density at radius 2 is 1.89 bits per heavy atom. The van der Waals surface area contributed by atoms with Crippen molar-refractivity contribution in [3.8, 4) is 5.75 Å². The van der Waals surface area contributed by atoms with Crippen LogP contribution in [0.5, 0.6) is 5.75 Å². The Kier molecular flexibility index (Phi) is 6.74. The molecule has 1 saturated carbocycles. The number of hydrogen-bond acceptors (Lipinski definition) is 4. The topological polar surface area (TPSA) is 47.6 Å². The van der Waals surface area contributed by atoms with E-state index >= 15 is 0 Å². The van der Waals surface area contributed by atoms with Gasteiger partial charge in [0.05, 0.1) is 5.56 Å². The van der Waals surface area contributed by atoms with E-state index in [1.807, 2.05) is 0 Å². The van der Waals surface area contributed by atoms with Crippen molar-refractivity contribution in [3.63, 3.8) is 0 Å². The van der Waals surface area contributed by atoms with Gasteiger partial charge in [-0.05, 0) is 77.1 Å². The van der Waals surface area contributed by atoms with E-state index in [-0.39, 0.29) is 30.5 Å². The number of hydrogen-bond donors (Lipinski definition) is 1. The zero-order chi connectivity index (χ0) is 18.9. The standard InChI is InChI=1S/C20H27F2NO3.ClH/c1-19(2,3)26-18(24)15-10-14(13-4-5-13)17(11-16(15)21)25-12-20(22)6-8-23-9-7-20;/h10-11,13,23H,4-9,12H2,1-3H3;1H. The van der Waals surface area contributed by atoms with Gasteiger partial charge in [0.2, 0.25) is 0 Å². The number of ether oxygens (including phenoxy) is 2. The molecule has 4 nitrogen and oxygen atoms in total. The molecule has 0 atom stereocenters. The second-order valence-electron chi connectivity index (χ2n) is 8.34. The summed E-state index contributed by atoms with van der Waals surface area (Å²) in [7, 11) is 0. The van der Waals surface area contributed by atoms with Crippen molar-refractivity contribution in [2.45, 2.75) is 63.6 Å². The molecular formula is C20H28ClF2NO3. The largest absolute Gasteiger partial charge is 0.490 e. The fraction of sp³-hybridized carbons (Fsp3) is 0.650. The Morgan fingerprint density at radius 1 is 1.26 bits per heavy atom. The third kappa shape index (κ3) is 5.79. The van der Waals surface area contributed by atoms with Gasteiger partial charge in [0.15, 0.2) is 0 Å². The molecule has 0 radical (unpaired) electrons. The van der Waals surface area contributed by atoms with Gasteiger partial charge in [-0.2, -0.15) is 0 Å². The summed E-state index contributed by atoms with van der Waals surface area (Å²) in [6.07, 6.45) is 2.68. The minimum atomic E-state index is -1.40. The molecular weight excluding hydrogens is 376 g/mol. The minimum Gasteiger partial charge on any atom is -0.490 e. The van der Waals surface area contributed by atoms with Gasteiger partial charge in [0.1, 0.15) is 29.4 Å². The van der Waals surface area contributed by atoms with E-state index in [0.29, 0.717) is 31.7 Å². The molecule has 1 saturated heterocycles. The molecule has 2 aliphatic rings. The minimum absolute atomic E-state index is 0. The molecule has 0 aromatic heterocycles. The number of alkyl halides is 1. The number of piperidine rings is 1. The maximum absolute atomic E-state index is 14.8. The van der Waals surface area contributed by atoms with Gasteiger partial charge in [0.25, 0.3) is 0 Å². The highest BCUT2D eigenvalue weighted by atomic mass is 35.5. The first kappa shape index (κ1) is 21.9. The van der Waals surface area contributed by atoms with Crippen LogP contribution in [-0.4, -0.2) is 36.9 Å². The van der Waals surface area contributed by atoms with Crippen molar-refractivity contribution < 1.29 is 23.0 Å². The van der Waals surface area contributed by atoms with Gasteiger partial charge in [0, 0.05) is 6.07 Å².